The minimum Gasteiger partial charge on any atom is -0.489 e. The number of hydrogen-bond acceptors (Lipinski definition) is 5. The van der Waals surface area contributed by atoms with Gasteiger partial charge < -0.3 is 19.9 Å². The Bertz CT molecular complexity index is 1030. The van der Waals surface area contributed by atoms with Crippen LogP contribution in [0.2, 0.25) is 0 Å². The van der Waals surface area contributed by atoms with E-state index in [4.69, 9.17) is 19.9 Å². The smallest absolute Gasteiger partial charge is 0.338 e. The normalized spacial score (nSPS) is 10.3. The number of ether oxygens (including phenoxy) is 3. The Balaban J connectivity index is 1.56. The lowest BCUT2D eigenvalue weighted by Gasteiger charge is -2.10. The molecule has 0 fully saturated rings. The minimum atomic E-state index is -0.559. The van der Waals surface area contributed by atoms with Crippen LogP contribution in [0.5, 0.6) is 11.5 Å². The van der Waals surface area contributed by atoms with Gasteiger partial charge >= 0.3 is 5.97 Å². The molecule has 1 amide bonds. The quantitative estimate of drug-likeness (QED) is 0.547. The van der Waals surface area contributed by atoms with Crippen LogP contribution in [-0.4, -0.2) is 18.5 Å². The van der Waals surface area contributed by atoms with E-state index in [0.29, 0.717) is 23.7 Å². The van der Waals surface area contributed by atoms with Gasteiger partial charge in [-0.1, -0.05) is 48.0 Å². The molecule has 30 heavy (non-hydrogen) atoms. The van der Waals surface area contributed by atoms with E-state index < -0.39 is 11.9 Å². The predicted molar refractivity (Wildman–Crippen MR) is 112 cm³/mol. The molecule has 0 atom stereocenters. The number of benzene rings is 3. The number of carbonyl (C=O) groups is 2. The highest BCUT2D eigenvalue weighted by molar-refractivity contribution is 5.89. The maximum absolute atomic E-state index is 12.4. The summed E-state index contributed by atoms with van der Waals surface area (Å²) in [6.45, 7) is 2.30. The topological polar surface area (TPSA) is 87.8 Å². The molecule has 2 N–H and O–H groups in total. The first-order valence-electron chi connectivity index (χ1n) is 9.45. The fourth-order valence-electron chi connectivity index (χ4n) is 2.79. The van der Waals surface area contributed by atoms with Gasteiger partial charge in [0.05, 0.1) is 5.56 Å². The van der Waals surface area contributed by atoms with Crippen molar-refractivity contribution in [3.63, 3.8) is 0 Å². The van der Waals surface area contributed by atoms with Crippen molar-refractivity contribution < 1.29 is 23.8 Å². The Hall–Kier alpha value is -3.80. The fourth-order valence-corrected chi connectivity index (χ4v) is 2.79. The van der Waals surface area contributed by atoms with Gasteiger partial charge in [-0.3, -0.25) is 4.79 Å². The lowest BCUT2D eigenvalue weighted by Crippen LogP contribution is -2.20. The van der Waals surface area contributed by atoms with Crippen LogP contribution in [0.1, 0.15) is 27.0 Å². The molecule has 0 heterocycles. The summed E-state index contributed by atoms with van der Waals surface area (Å²) in [6, 6.07) is 21.9. The van der Waals surface area contributed by atoms with Gasteiger partial charge in [0.25, 0.3) is 5.91 Å². The molecule has 0 aliphatic carbocycles. The number of amides is 1. The molecule has 0 aliphatic rings. The van der Waals surface area contributed by atoms with E-state index in [1.807, 2.05) is 25.1 Å². The third-order valence-corrected chi connectivity index (χ3v) is 4.21. The Morgan fingerprint density at radius 2 is 1.47 bits per heavy atom. The van der Waals surface area contributed by atoms with E-state index in [1.165, 1.54) is 0 Å². The summed E-state index contributed by atoms with van der Waals surface area (Å²) in [5.74, 6) is 0.0532. The van der Waals surface area contributed by atoms with Crippen molar-refractivity contribution in [3.8, 4) is 11.5 Å². The molecule has 0 aliphatic heterocycles. The third-order valence-electron chi connectivity index (χ3n) is 4.21. The SMILES string of the molecule is Cc1cccc(COc2cccc(C(=O)OCc3cccc(OCC(N)=O)c3)c2)c1. The highest BCUT2D eigenvalue weighted by Gasteiger charge is 2.10. The van der Waals surface area contributed by atoms with Crippen LogP contribution in [0.25, 0.3) is 0 Å². The van der Waals surface area contributed by atoms with Gasteiger partial charge in [-0.05, 0) is 48.4 Å². The van der Waals surface area contributed by atoms with Crippen LogP contribution >= 0.6 is 0 Å². The molecule has 3 aromatic carbocycles. The number of rotatable bonds is 9. The molecule has 0 unspecified atom stereocenters. The van der Waals surface area contributed by atoms with Gasteiger partial charge in [-0.15, -0.1) is 0 Å². The number of carbonyl (C=O) groups excluding carboxylic acids is 2. The van der Waals surface area contributed by atoms with Crippen molar-refractivity contribution >= 4 is 11.9 Å². The van der Waals surface area contributed by atoms with E-state index in [2.05, 4.69) is 6.07 Å². The highest BCUT2D eigenvalue weighted by Crippen LogP contribution is 2.18. The molecule has 3 rings (SSSR count). The molecule has 0 saturated heterocycles. The van der Waals surface area contributed by atoms with Gasteiger partial charge in [0.2, 0.25) is 0 Å². The van der Waals surface area contributed by atoms with E-state index in [1.54, 1.807) is 48.5 Å². The fraction of sp³-hybridized carbons (Fsp3) is 0.167. The largest absolute Gasteiger partial charge is 0.489 e. The van der Waals surface area contributed by atoms with Crippen molar-refractivity contribution in [2.45, 2.75) is 20.1 Å². The number of esters is 1. The number of aryl methyl sites for hydroxylation is 1. The average Bonchev–Trinajstić information content (AvgIpc) is 2.75. The average molecular weight is 405 g/mol. The summed E-state index contributed by atoms with van der Waals surface area (Å²) in [6.07, 6.45) is 0. The monoisotopic (exact) mass is 405 g/mol. The molecular formula is C24H23NO5. The lowest BCUT2D eigenvalue weighted by atomic mass is 10.1. The first-order valence-corrected chi connectivity index (χ1v) is 9.45. The summed E-state index contributed by atoms with van der Waals surface area (Å²) < 4.78 is 16.4. The lowest BCUT2D eigenvalue weighted by molar-refractivity contribution is -0.119. The summed E-state index contributed by atoms with van der Waals surface area (Å²) in [5, 5.41) is 0. The van der Waals surface area contributed by atoms with E-state index >= 15 is 0 Å². The molecule has 3 aromatic rings. The summed E-state index contributed by atoms with van der Waals surface area (Å²) in [7, 11) is 0. The van der Waals surface area contributed by atoms with Gasteiger partial charge in [0, 0.05) is 0 Å². The first kappa shape index (κ1) is 20.9. The number of nitrogens with two attached hydrogens (primary N) is 1. The van der Waals surface area contributed by atoms with Gasteiger partial charge in [0.15, 0.2) is 6.61 Å². The molecule has 6 heteroatoms. The second kappa shape index (κ2) is 10.1. The van der Waals surface area contributed by atoms with E-state index in [9.17, 15) is 9.59 Å². The number of primary amides is 1. The zero-order valence-electron chi connectivity index (χ0n) is 16.7. The second-order valence-electron chi connectivity index (χ2n) is 6.78. The van der Waals surface area contributed by atoms with Crippen LogP contribution in [-0.2, 0) is 22.7 Å². The van der Waals surface area contributed by atoms with Crippen LogP contribution in [0.4, 0.5) is 0 Å². The molecule has 154 valence electrons. The molecule has 0 saturated carbocycles. The maximum atomic E-state index is 12.4. The van der Waals surface area contributed by atoms with Crippen LogP contribution in [0.15, 0.2) is 72.8 Å². The maximum Gasteiger partial charge on any atom is 0.338 e. The standard InChI is InChI=1S/C24H23NO5/c1-17-5-2-6-18(11-17)14-28-22-10-4-8-20(13-22)24(27)30-15-19-7-3-9-21(12-19)29-16-23(25)26/h2-13H,14-16H2,1H3,(H2,25,26). The summed E-state index contributed by atoms with van der Waals surface area (Å²) in [4.78, 5) is 23.2. The molecule has 0 aromatic heterocycles. The van der Waals surface area contributed by atoms with Crippen LogP contribution in [0, 0.1) is 6.92 Å². The van der Waals surface area contributed by atoms with Crippen LogP contribution < -0.4 is 15.2 Å². The molecule has 0 radical (unpaired) electrons. The third kappa shape index (κ3) is 6.38. The molecular weight excluding hydrogens is 382 g/mol. The van der Waals surface area contributed by atoms with Crippen molar-refractivity contribution in [2.24, 2.45) is 5.73 Å². The van der Waals surface area contributed by atoms with Crippen molar-refractivity contribution in [2.75, 3.05) is 6.61 Å². The first-order chi connectivity index (χ1) is 14.5. The zero-order valence-corrected chi connectivity index (χ0v) is 16.7. The second-order valence-corrected chi connectivity index (χ2v) is 6.78. The Labute approximate surface area is 175 Å². The Morgan fingerprint density at radius 3 is 2.20 bits per heavy atom. The van der Waals surface area contributed by atoms with Crippen LogP contribution in [0.3, 0.4) is 0 Å². The molecule has 6 nitrogen and oxygen atoms in total. The Morgan fingerprint density at radius 1 is 0.800 bits per heavy atom. The summed E-state index contributed by atoms with van der Waals surface area (Å²) in [5.41, 5.74) is 8.43. The predicted octanol–water partition coefficient (Wildman–Crippen LogP) is 3.80. The van der Waals surface area contributed by atoms with Gasteiger partial charge in [-0.2, -0.15) is 0 Å². The summed E-state index contributed by atoms with van der Waals surface area (Å²) >= 11 is 0. The Kier molecular flexibility index (Phi) is 7.05. The molecule has 0 spiro atoms. The highest BCUT2D eigenvalue weighted by atomic mass is 16.5. The zero-order chi connectivity index (χ0) is 21.3. The minimum absolute atomic E-state index is 0.0704. The van der Waals surface area contributed by atoms with E-state index in [-0.39, 0.29) is 13.2 Å². The van der Waals surface area contributed by atoms with Crippen molar-refractivity contribution in [3.05, 3.63) is 95.1 Å². The van der Waals surface area contributed by atoms with Crippen molar-refractivity contribution in [1.29, 1.82) is 0 Å². The number of hydrogen-bond donors (Lipinski definition) is 1. The van der Waals surface area contributed by atoms with Gasteiger partial charge in [0.1, 0.15) is 24.7 Å². The molecule has 0 bridgehead atoms. The van der Waals surface area contributed by atoms with E-state index in [0.717, 1.165) is 16.7 Å². The van der Waals surface area contributed by atoms with Gasteiger partial charge in [-0.25, -0.2) is 4.79 Å². The van der Waals surface area contributed by atoms with Crippen molar-refractivity contribution in [1.82, 2.24) is 0 Å².